The fourth-order valence-electron chi connectivity index (χ4n) is 2.60. The van der Waals surface area contributed by atoms with Crippen LogP contribution in [0.15, 0.2) is 59.9 Å². The molecule has 27 heavy (non-hydrogen) atoms. The van der Waals surface area contributed by atoms with Crippen molar-refractivity contribution in [1.29, 1.82) is 0 Å². The molecular formula is C20H19F3N2OS. The van der Waals surface area contributed by atoms with E-state index in [1.54, 1.807) is 30.1 Å². The van der Waals surface area contributed by atoms with Gasteiger partial charge in [-0.05, 0) is 31.2 Å². The number of imidazole rings is 1. The first-order valence-corrected chi connectivity index (χ1v) is 9.28. The van der Waals surface area contributed by atoms with Gasteiger partial charge in [-0.2, -0.15) is 0 Å². The molecule has 0 fully saturated rings. The first-order valence-electron chi connectivity index (χ1n) is 8.40. The van der Waals surface area contributed by atoms with E-state index >= 15 is 0 Å². The van der Waals surface area contributed by atoms with E-state index in [1.165, 1.54) is 12.1 Å². The molecule has 0 aliphatic carbocycles. The number of aromatic nitrogens is 2. The van der Waals surface area contributed by atoms with Gasteiger partial charge in [0.15, 0.2) is 5.16 Å². The number of alkyl halides is 3. The molecule has 3 nitrogen and oxygen atoms in total. The predicted molar refractivity (Wildman–Crippen MR) is 101 cm³/mol. The van der Waals surface area contributed by atoms with Crippen LogP contribution in [-0.2, 0) is 0 Å². The Balaban J connectivity index is 2.04. The highest BCUT2D eigenvalue weighted by molar-refractivity contribution is 7.99. The van der Waals surface area contributed by atoms with Crippen LogP contribution in [0.3, 0.4) is 0 Å². The average molecular weight is 392 g/mol. The number of hydrogen-bond acceptors (Lipinski definition) is 3. The third-order valence-corrected chi connectivity index (χ3v) is 4.72. The molecule has 2 aromatic carbocycles. The minimum atomic E-state index is -4.71. The van der Waals surface area contributed by atoms with Crippen LogP contribution in [0.25, 0.3) is 16.9 Å². The minimum Gasteiger partial charge on any atom is -0.406 e. The van der Waals surface area contributed by atoms with Gasteiger partial charge in [0.05, 0.1) is 11.9 Å². The lowest BCUT2D eigenvalue weighted by Crippen LogP contribution is -2.17. The molecule has 1 aromatic heterocycles. The predicted octanol–water partition coefficient (Wildman–Crippen LogP) is 6.25. The Hall–Kier alpha value is -2.41. The number of aryl methyl sites for hydroxylation is 1. The Bertz CT molecular complexity index is 900. The van der Waals surface area contributed by atoms with Crippen molar-refractivity contribution in [3.8, 4) is 22.7 Å². The molecule has 1 heterocycles. The molecule has 142 valence electrons. The van der Waals surface area contributed by atoms with Crippen molar-refractivity contribution in [3.63, 3.8) is 0 Å². The smallest absolute Gasteiger partial charge is 0.406 e. The number of halogens is 3. The number of nitrogens with zero attached hydrogens (tertiary/aromatic N) is 2. The van der Waals surface area contributed by atoms with E-state index in [-0.39, 0.29) is 5.75 Å². The summed E-state index contributed by atoms with van der Waals surface area (Å²) in [4.78, 5) is 4.53. The summed E-state index contributed by atoms with van der Waals surface area (Å²) in [6, 6.07) is 13.9. The molecule has 3 aromatic rings. The molecule has 0 aliphatic rings. The van der Waals surface area contributed by atoms with Crippen LogP contribution >= 0.6 is 11.8 Å². The van der Waals surface area contributed by atoms with E-state index in [1.807, 2.05) is 35.8 Å². The summed E-state index contributed by atoms with van der Waals surface area (Å²) in [5, 5.41) is 1.09. The van der Waals surface area contributed by atoms with Crippen LogP contribution in [0.2, 0.25) is 0 Å². The SMILES string of the molecule is Cc1ccc(-c2cnc(SC(C)C)n2-c2ccc(OC(F)(F)F)cc2)cc1. The first-order chi connectivity index (χ1) is 12.7. The van der Waals surface area contributed by atoms with Crippen molar-refractivity contribution in [2.45, 2.75) is 37.5 Å². The van der Waals surface area contributed by atoms with E-state index < -0.39 is 6.36 Å². The summed E-state index contributed by atoms with van der Waals surface area (Å²) >= 11 is 1.59. The molecule has 0 unspecified atom stereocenters. The van der Waals surface area contributed by atoms with Gasteiger partial charge in [-0.1, -0.05) is 55.4 Å². The zero-order valence-corrected chi connectivity index (χ0v) is 15.9. The van der Waals surface area contributed by atoms with E-state index in [4.69, 9.17) is 0 Å². The summed E-state index contributed by atoms with van der Waals surface area (Å²) in [5.74, 6) is -0.249. The zero-order valence-electron chi connectivity index (χ0n) is 15.1. The van der Waals surface area contributed by atoms with E-state index in [9.17, 15) is 13.2 Å². The van der Waals surface area contributed by atoms with Gasteiger partial charge in [-0.25, -0.2) is 4.98 Å². The molecule has 0 saturated carbocycles. The van der Waals surface area contributed by atoms with Gasteiger partial charge in [0.1, 0.15) is 5.75 Å². The monoisotopic (exact) mass is 392 g/mol. The Labute approximate surface area is 160 Å². The molecule has 0 saturated heterocycles. The molecule has 0 aliphatic heterocycles. The van der Waals surface area contributed by atoms with Gasteiger partial charge in [-0.15, -0.1) is 13.2 Å². The fraction of sp³-hybridized carbons (Fsp3) is 0.250. The first kappa shape index (κ1) is 19.4. The van der Waals surface area contributed by atoms with E-state index in [2.05, 4.69) is 23.6 Å². The molecule has 0 atom stereocenters. The van der Waals surface area contributed by atoms with Crippen LogP contribution in [0, 0.1) is 6.92 Å². The fourth-order valence-corrected chi connectivity index (χ4v) is 3.45. The molecule has 0 spiro atoms. The van der Waals surface area contributed by atoms with Gasteiger partial charge >= 0.3 is 6.36 Å². The molecule has 3 rings (SSSR count). The highest BCUT2D eigenvalue weighted by Crippen LogP contribution is 2.33. The van der Waals surface area contributed by atoms with Gasteiger partial charge < -0.3 is 4.74 Å². The van der Waals surface area contributed by atoms with Gasteiger partial charge in [0.25, 0.3) is 0 Å². The molecule has 0 N–H and O–H groups in total. The lowest BCUT2D eigenvalue weighted by molar-refractivity contribution is -0.274. The summed E-state index contributed by atoms with van der Waals surface area (Å²) in [5.41, 5.74) is 3.73. The topological polar surface area (TPSA) is 27.1 Å². The average Bonchev–Trinajstić information content (AvgIpc) is 2.97. The third kappa shape index (κ3) is 4.86. The largest absolute Gasteiger partial charge is 0.573 e. The highest BCUT2D eigenvalue weighted by Gasteiger charge is 2.31. The number of ether oxygens (including phenoxy) is 1. The van der Waals surface area contributed by atoms with Crippen molar-refractivity contribution in [1.82, 2.24) is 9.55 Å². The highest BCUT2D eigenvalue weighted by atomic mass is 32.2. The lowest BCUT2D eigenvalue weighted by atomic mass is 10.1. The summed E-state index contributed by atoms with van der Waals surface area (Å²) in [6.45, 7) is 6.14. The molecule has 0 amide bonds. The Kier molecular flexibility index (Phi) is 5.51. The van der Waals surface area contributed by atoms with Crippen molar-refractivity contribution in [2.24, 2.45) is 0 Å². The van der Waals surface area contributed by atoms with Crippen LogP contribution in [0.1, 0.15) is 19.4 Å². The van der Waals surface area contributed by atoms with Gasteiger partial charge in [0.2, 0.25) is 0 Å². The van der Waals surface area contributed by atoms with Gasteiger partial charge in [-0.3, -0.25) is 4.57 Å². The minimum absolute atomic E-state index is 0.249. The Morgan fingerprint density at radius 3 is 2.19 bits per heavy atom. The number of rotatable bonds is 5. The zero-order chi connectivity index (χ0) is 19.6. The van der Waals surface area contributed by atoms with Crippen molar-refractivity contribution in [2.75, 3.05) is 0 Å². The molecule has 7 heteroatoms. The maximum Gasteiger partial charge on any atom is 0.573 e. The third-order valence-electron chi connectivity index (χ3n) is 3.75. The summed E-state index contributed by atoms with van der Waals surface area (Å²) in [6.07, 6.45) is -2.92. The van der Waals surface area contributed by atoms with E-state index in [0.29, 0.717) is 5.25 Å². The Morgan fingerprint density at radius 2 is 1.63 bits per heavy atom. The number of hydrogen-bond donors (Lipinski definition) is 0. The normalized spacial score (nSPS) is 11.8. The van der Waals surface area contributed by atoms with Crippen LogP contribution in [0.4, 0.5) is 13.2 Å². The lowest BCUT2D eigenvalue weighted by Gasteiger charge is -2.14. The quantitative estimate of drug-likeness (QED) is 0.481. The van der Waals surface area contributed by atoms with Crippen molar-refractivity contribution in [3.05, 3.63) is 60.3 Å². The van der Waals surface area contributed by atoms with Crippen LogP contribution < -0.4 is 4.74 Å². The summed E-state index contributed by atoms with van der Waals surface area (Å²) < 4.78 is 43.1. The number of thioether (sulfide) groups is 1. The second-order valence-electron chi connectivity index (χ2n) is 6.34. The Morgan fingerprint density at radius 1 is 1.00 bits per heavy atom. The van der Waals surface area contributed by atoms with Crippen molar-refractivity contribution >= 4 is 11.8 Å². The number of benzene rings is 2. The van der Waals surface area contributed by atoms with Crippen LogP contribution in [-0.4, -0.2) is 21.2 Å². The second kappa shape index (κ2) is 7.68. The van der Waals surface area contributed by atoms with Crippen molar-refractivity contribution < 1.29 is 17.9 Å². The molecule has 0 bridgehead atoms. The maximum absolute atomic E-state index is 12.4. The maximum atomic E-state index is 12.4. The second-order valence-corrected chi connectivity index (χ2v) is 7.88. The van der Waals surface area contributed by atoms with Gasteiger partial charge in [0, 0.05) is 16.5 Å². The standard InChI is InChI=1S/C20H19F3N2OS/c1-13(2)27-19-24-12-18(15-6-4-14(3)5-7-15)25(19)16-8-10-17(11-9-16)26-20(21,22)23/h4-13H,1-3H3. The van der Waals surface area contributed by atoms with E-state index in [0.717, 1.165) is 27.7 Å². The van der Waals surface area contributed by atoms with Crippen LogP contribution in [0.5, 0.6) is 5.75 Å². The molecular weight excluding hydrogens is 373 g/mol. The molecule has 0 radical (unpaired) electrons. The summed E-state index contributed by atoms with van der Waals surface area (Å²) in [7, 11) is 0.